The molecule has 1 saturated heterocycles. The zero-order valence-corrected chi connectivity index (χ0v) is 20.5. The number of benzene rings is 2. The van der Waals surface area contributed by atoms with E-state index in [9.17, 15) is 14.4 Å². The van der Waals surface area contributed by atoms with Crippen molar-refractivity contribution in [3.05, 3.63) is 63.6 Å². The summed E-state index contributed by atoms with van der Waals surface area (Å²) in [7, 11) is 0. The monoisotopic (exact) mass is 480 g/mol. The number of rotatable bonds is 4. The average Bonchev–Trinajstić information content (AvgIpc) is 3.06. The second kappa shape index (κ2) is 8.76. The fourth-order valence-electron chi connectivity index (χ4n) is 3.66. The number of amides is 2. The lowest BCUT2D eigenvalue weighted by molar-refractivity contribution is -0.121. The summed E-state index contributed by atoms with van der Waals surface area (Å²) in [4.78, 5) is 39.2. The minimum Gasteiger partial charge on any atom is -0.482 e. The summed E-state index contributed by atoms with van der Waals surface area (Å²) in [6.45, 7) is 8.07. The molecule has 2 aromatic carbocycles. The highest BCUT2D eigenvalue weighted by molar-refractivity contribution is 8.26. The lowest BCUT2D eigenvalue weighted by Crippen LogP contribution is -2.38. The van der Waals surface area contributed by atoms with Gasteiger partial charge in [-0.15, -0.1) is 0 Å². The molecule has 2 heterocycles. The molecule has 1 N–H and O–H groups in total. The Labute approximate surface area is 202 Å². The number of hydrogen-bond donors (Lipinski definition) is 1. The number of ketones is 1. The summed E-state index contributed by atoms with van der Waals surface area (Å²) in [6.07, 6.45) is 1.74. The molecule has 170 valence electrons. The average molecular weight is 481 g/mol. The lowest BCUT2D eigenvalue weighted by Gasteiger charge is -2.30. The first-order chi connectivity index (χ1) is 15.5. The zero-order chi connectivity index (χ0) is 23.9. The van der Waals surface area contributed by atoms with Gasteiger partial charge in [0, 0.05) is 5.56 Å². The topological polar surface area (TPSA) is 75.7 Å². The molecule has 0 radical (unpaired) electrons. The van der Waals surface area contributed by atoms with Gasteiger partial charge in [-0.05, 0) is 59.4 Å². The van der Waals surface area contributed by atoms with E-state index in [0.29, 0.717) is 32.8 Å². The van der Waals surface area contributed by atoms with Gasteiger partial charge in [0.2, 0.25) is 0 Å². The van der Waals surface area contributed by atoms with Crippen molar-refractivity contribution in [3.63, 3.8) is 0 Å². The summed E-state index contributed by atoms with van der Waals surface area (Å²) in [5, 5.41) is 2.60. The second-order valence-electron chi connectivity index (χ2n) is 9.07. The molecular weight excluding hydrogens is 456 g/mol. The van der Waals surface area contributed by atoms with Crippen LogP contribution in [0.15, 0.2) is 41.3 Å². The van der Waals surface area contributed by atoms with Gasteiger partial charge in [0.25, 0.3) is 11.8 Å². The number of Topliss-reactive ketones (excluding diaryl/α,β-unsaturated/α-hetero) is 1. The van der Waals surface area contributed by atoms with Crippen LogP contribution in [-0.4, -0.2) is 28.5 Å². The van der Waals surface area contributed by atoms with Crippen molar-refractivity contribution in [1.82, 2.24) is 5.32 Å². The maximum Gasteiger partial charge on any atom is 0.265 e. The van der Waals surface area contributed by atoms with Gasteiger partial charge in [-0.25, -0.2) is 0 Å². The molecule has 0 atom stereocenters. The van der Waals surface area contributed by atoms with Crippen molar-refractivity contribution < 1.29 is 19.1 Å². The minimum atomic E-state index is -0.234. The summed E-state index contributed by atoms with van der Waals surface area (Å²) in [6, 6.07) is 11.3. The van der Waals surface area contributed by atoms with Gasteiger partial charge in [-0.1, -0.05) is 56.9 Å². The Bertz CT molecular complexity index is 1230. The fraction of sp³-hybridized carbons (Fsp3) is 0.280. The Hall–Kier alpha value is -2.97. The highest BCUT2D eigenvalue weighted by Gasteiger charge is 2.28. The van der Waals surface area contributed by atoms with E-state index < -0.39 is 0 Å². The molecule has 0 bridgehead atoms. The lowest BCUT2D eigenvalue weighted by atomic mass is 9.84. The summed E-state index contributed by atoms with van der Waals surface area (Å²) < 4.78 is 6.06. The standard InChI is InChI=1S/C25H24N2O4S2/c1-14(28)17-7-16(8-18(11-17)25(2,3)4)12-27-19-9-15(5-6-20(19)31-13-22(27)29)10-21-23(30)26-24(32)33-21/h5-11H,12-13H2,1-4H3,(H,26,30,32). The van der Waals surface area contributed by atoms with E-state index >= 15 is 0 Å². The van der Waals surface area contributed by atoms with Gasteiger partial charge >= 0.3 is 0 Å². The van der Waals surface area contributed by atoms with E-state index in [1.54, 1.807) is 24.0 Å². The van der Waals surface area contributed by atoms with Gasteiger partial charge in [0.15, 0.2) is 12.4 Å². The Morgan fingerprint density at radius 1 is 1.21 bits per heavy atom. The SMILES string of the molecule is CC(=O)c1cc(CN2C(=O)COc3ccc(C=C4SC(=S)NC4=O)cc32)cc(C(C)(C)C)c1. The van der Waals surface area contributed by atoms with Crippen LogP contribution in [0.1, 0.15) is 54.7 Å². The number of thiocarbonyl (C=S) groups is 1. The molecular formula is C25H24N2O4S2. The van der Waals surface area contributed by atoms with Crippen LogP contribution in [0.5, 0.6) is 5.75 Å². The third-order valence-corrected chi connectivity index (χ3v) is 6.63. The summed E-state index contributed by atoms with van der Waals surface area (Å²) in [5.74, 6) is 0.166. The molecule has 1 fully saturated rings. The third kappa shape index (κ3) is 5.02. The van der Waals surface area contributed by atoms with Crippen molar-refractivity contribution in [1.29, 1.82) is 0 Å². The van der Waals surface area contributed by atoms with Crippen LogP contribution in [0.2, 0.25) is 0 Å². The number of thioether (sulfide) groups is 1. The first-order valence-electron chi connectivity index (χ1n) is 10.5. The first-order valence-corrected chi connectivity index (χ1v) is 11.7. The van der Waals surface area contributed by atoms with E-state index in [1.807, 2.05) is 30.3 Å². The molecule has 0 saturated carbocycles. The number of anilines is 1. The second-order valence-corrected chi connectivity index (χ2v) is 10.8. The number of carbonyl (C=O) groups excluding carboxylic acids is 3. The first kappa shape index (κ1) is 23.2. The molecule has 8 heteroatoms. The molecule has 2 aliphatic heterocycles. The number of ether oxygens (including phenoxy) is 1. The molecule has 33 heavy (non-hydrogen) atoms. The maximum absolute atomic E-state index is 12.8. The van der Waals surface area contributed by atoms with Gasteiger partial charge in [-0.3, -0.25) is 14.4 Å². The largest absolute Gasteiger partial charge is 0.482 e. The van der Waals surface area contributed by atoms with Crippen LogP contribution in [-0.2, 0) is 21.5 Å². The van der Waals surface area contributed by atoms with Gasteiger partial charge in [0.1, 0.15) is 10.1 Å². The molecule has 2 aromatic rings. The third-order valence-electron chi connectivity index (χ3n) is 5.47. The smallest absolute Gasteiger partial charge is 0.265 e. The maximum atomic E-state index is 12.8. The van der Waals surface area contributed by atoms with Crippen LogP contribution in [0, 0.1) is 0 Å². The normalized spacial score (nSPS) is 17.2. The van der Waals surface area contributed by atoms with Crippen molar-refractivity contribution in [2.45, 2.75) is 39.7 Å². The van der Waals surface area contributed by atoms with E-state index in [1.165, 1.54) is 11.8 Å². The number of nitrogens with one attached hydrogen (secondary N) is 1. The van der Waals surface area contributed by atoms with Gasteiger partial charge in [0.05, 0.1) is 17.1 Å². The van der Waals surface area contributed by atoms with Crippen LogP contribution >= 0.6 is 24.0 Å². The summed E-state index contributed by atoms with van der Waals surface area (Å²) >= 11 is 6.26. The highest BCUT2D eigenvalue weighted by Crippen LogP contribution is 2.36. The van der Waals surface area contributed by atoms with Crippen molar-refractivity contribution in [3.8, 4) is 5.75 Å². The van der Waals surface area contributed by atoms with Crippen LogP contribution in [0.25, 0.3) is 6.08 Å². The molecule has 6 nitrogen and oxygen atoms in total. The van der Waals surface area contributed by atoms with E-state index in [2.05, 4.69) is 26.1 Å². The quantitative estimate of drug-likeness (QED) is 0.392. The highest BCUT2D eigenvalue weighted by atomic mass is 32.2. The molecule has 2 aliphatic rings. The molecule has 0 unspecified atom stereocenters. The number of nitrogens with zero attached hydrogens (tertiary/aromatic N) is 1. The minimum absolute atomic E-state index is 0.0183. The predicted octanol–water partition coefficient (Wildman–Crippen LogP) is 4.60. The van der Waals surface area contributed by atoms with Crippen LogP contribution in [0.4, 0.5) is 5.69 Å². The van der Waals surface area contributed by atoms with Crippen molar-refractivity contribution >= 4 is 57.7 Å². The Morgan fingerprint density at radius 2 is 1.97 bits per heavy atom. The molecule has 4 rings (SSSR count). The molecule has 2 amide bonds. The molecule has 0 aromatic heterocycles. The fourth-order valence-corrected chi connectivity index (χ4v) is 4.70. The summed E-state index contributed by atoms with van der Waals surface area (Å²) in [5.41, 5.74) is 3.76. The van der Waals surface area contributed by atoms with E-state index in [0.717, 1.165) is 16.7 Å². The Morgan fingerprint density at radius 3 is 2.61 bits per heavy atom. The number of hydrogen-bond acceptors (Lipinski definition) is 6. The number of carbonyl (C=O) groups is 3. The molecule has 0 aliphatic carbocycles. The Kier molecular flexibility index (Phi) is 6.16. The van der Waals surface area contributed by atoms with Gasteiger partial charge < -0.3 is 15.0 Å². The number of fused-ring (bicyclic) bond motifs is 1. The predicted molar refractivity (Wildman–Crippen MR) is 135 cm³/mol. The Balaban J connectivity index is 1.72. The van der Waals surface area contributed by atoms with E-state index in [4.69, 9.17) is 17.0 Å². The van der Waals surface area contributed by atoms with Crippen molar-refractivity contribution in [2.24, 2.45) is 0 Å². The zero-order valence-electron chi connectivity index (χ0n) is 18.9. The van der Waals surface area contributed by atoms with Crippen molar-refractivity contribution in [2.75, 3.05) is 11.5 Å². The molecule has 0 spiro atoms. The van der Waals surface area contributed by atoms with Crippen LogP contribution < -0.4 is 15.0 Å². The van der Waals surface area contributed by atoms with Gasteiger partial charge in [-0.2, -0.15) is 0 Å². The van der Waals surface area contributed by atoms with E-state index in [-0.39, 0.29) is 29.6 Å². The van der Waals surface area contributed by atoms with Crippen LogP contribution in [0.3, 0.4) is 0 Å².